The van der Waals surface area contributed by atoms with Crippen LogP contribution in [0.3, 0.4) is 0 Å². The summed E-state index contributed by atoms with van der Waals surface area (Å²) in [6.45, 7) is 8.99. The molecule has 2 aliphatic heterocycles. The third-order valence-corrected chi connectivity index (χ3v) is 5.36. The van der Waals surface area contributed by atoms with E-state index in [1.165, 1.54) is 18.4 Å². The highest BCUT2D eigenvalue weighted by molar-refractivity contribution is 5.99. The molecular formula is C19H27NO2. The number of hydrogen-bond acceptors (Lipinski definition) is 3. The van der Waals surface area contributed by atoms with Crippen LogP contribution in [-0.4, -0.2) is 25.5 Å². The van der Waals surface area contributed by atoms with E-state index in [1.807, 2.05) is 13.8 Å². The van der Waals surface area contributed by atoms with Crippen molar-refractivity contribution in [3.05, 3.63) is 28.8 Å². The van der Waals surface area contributed by atoms with Crippen LogP contribution >= 0.6 is 0 Å². The van der Waals surface area contributed by atoms with Crippen molar-refractivity contribution in [3.8, 4) is 5.75 Å². The van der Waals surface area contributed by atoms with Gasteiger partial charge in [0.05, 0.1) is 6.61 Å². The molecule has 0 aliphatic carbocycles. The molecule has 1 spiro atoms. The quantitative estimate of drug-likeness (QED) is 0.869. The first-order valence-corrected chi connectivity index (χ1v) is 8.63. The molecule has 1 saturated heterocycles. The van der Waals surface area contributed by atoms with Gasteiger partial charge >= 0.3 is 0 Å². The molecule has 0 radical (unpaired) electrons. The van der Waals surface area contributed by atoms with Gasteiger partial charge < -0.3 is 10.1 Å². The topological polar surface area (TPSA) is 38.3 Å². The van der Waals surface area contributed by atoms with E-state index in [0.717, 1.165) is 49.4 Å². The van der Waals surface area contributed by atoms with Crippen molar-refractivity contribution in [1.29, 1.82) is 0 Å². The maximum atomic E-state index is 12.5. The molecule has 1 N–H and O–H groups in total. The molecule has 3 heteroatoms. The van der Waals surface area contributed by atoms with Gasteiger partial charge in [0.1, 0.15) is 5.75 Å². The summed E-state index contributed by atoms with van der Waals surface area (Å²) in [4.78, 5) is 12.5. The Morgan fingerprint density at radius 1 is 1.27 bits per heavy atom. The number of nitrogens with one attached hydrogen (secondary N) is 1. The van der Waals surface area contributed by atoms with Gasteiger partial charge in [-0.3, -0.25) is 4.79 Å². The Labute approximate surface area is 133 Å². The van der Waals surface area contributed by atoms with Crippen LogP contribution in [0.25, 0.3) is 0 Å². The van der Waals surface area contributed by atoms with Gasteiger partial charge in [0, 0.05) is 28.0 Å². The Bertz CT molecular complexity index is 571. The zero-order valence-corrected chi connectivity index (χ0v) is 14.0. The lowest BCUT2D eigenvalue weighted by Gasteiger charge is -2.43. The van der Waals surface area contributed by atoms with Crippen LogP contribution in [0.2, 0.25) is 0 Å². The van der Waals surface area contributed by atoms with Crippen LogP contribution < -0.4 is 10.1 Å². The standard InChI is InChI=1S/C19H27NO2/c1-4-14-15(17(21)13(2)3)5-6-16-18(14)22-12-9-19(16)7-10-20-11-8-19/h5-6,13,20H,4,7-12H2,1-3H3. The number of rotatable bonds is 3. The first-order chi connectivity index (χ1) is 10.6. The van der Waals surface area contributed by atoms with Gasteiger partial charge in [-0.05, 0) is 38.8 Å². The second kappa shape index (κ2) is 6.04. The lowest BCUT2D eigenvalue weighted by Crippen LogP contribution is -2.43. The molecule has 120 valence electrons. The average molecular weight is 301 g/mol. The summed E-state index contributed by atoms with van der Waals surface area (Å²) in [7, 11) is 0. The lowest BCUT2D eigenvalue weighted by atomic mass is 9.68. The second-order valence-corrected chi connectivity index (χ2v) is 6.97. The number of fused-ring (bicyclic) bond motifs is 2. The Morgan fingerprint density at radius 2 is 2.00 bits per heavy atom. The molecule has 1 aromatic carbocycles. The van der Waals surface area contributed by atoms with Crippen LogP contribution in [0.1, 0.15) is 61.5 Å². The Kier molecular flexibility index (Phi) is 4.26. The minimum absolute atomic E-state index is 0.0276. The molecule has 0 bridgehead atoms. The third kappa shape index (κ3) is 2.45. The first kappa shape index (κ1) is 15.5. The molecule has 0 aromatic heterocycles. The number of ketones is 1. The maximum Gasteiger partial charge on any atom is 0.165 e. The van der Waals surface area contributed by atoms with Crippen LogP contribution in [0.4, 0.5) is 0 Å². The minimum Gasteiger partial charge on any atom is -0.493 e. The number of benzene rings is 1. The smallest absolute Gasteiger partial charge is 0.165 e. The van der Waals surface area contributed by atoms with Gasteiger partial charge in [0.15, 0.2) is 5.78 Å². The highest BCUT2D eigenvalue weighted by atomic mass is 16.5. The first-order valence-electron chi connectivity index (χ1n) is 8.63. The third-order valence-electron chi connectivity index (χ3n) is 5.36. The molecule has 3 nitrogen and oxygen atoms in total. The number of carbonyl (C=O) groups is 1. The number of piperidine rings is 1. The fourth-order valence-electron chi connectivity index (χ4n) is 4.01. The number of carbonyl (C=O) groups excluding carboxylic acids is 1. The van der Waals surface area contributed by atoms with Crippen molar-refractivity contribution in [2.45, 2.75) is 51.9 Å². The molecule has 1 aromatic rings. The second-order valence-electron chi connectivity index (χ2n) is 6.97. The van der Waals surface area contributed by atoms with Gasteiger partial charge in [0.2, 0.25) is 0 Å². The zero-order valence-electron chi connectivity index (χ0n) is 14.0. The van der Waals surface area contributed by atoms with Gasteiger partial charge in [0.25, 0.3) is 0 Å². The number of Topliss-reactive ketones (excluding diaryl/α,β-unsaturated/α-hetero) is 1. The van der Waals surface area contributed by atoms with E-state index in [0.29, 0.717) is 0 Å². The van der Waals surface area contributed by atoms with Crippen molar-refractivity contribution in [1.82, 2.24) is 5.32 Å². The molecule has 22 heavy (non-hydrogen) atoms. The maximum absolute atomic E-state index is 12.5. The largest absolute Gasteiger partial charge is 0.493 e. The molecule has 0 amide bonds. The predicted octanol–water partition coefficient (Wildman–Crippen LogP) is 3.49. The van der Waals surface area contributed by atoms with E-state index >= 15 is 0 Å². The van der Waals surface area contributed by atoms with Crippen LogP contribution in [0.15, 0.2) is 12.1 Å². The van der Waals surface area contributed by atoms with Gasteiger partial charge in [-0.15, -0.1) is 0 Å². The molecule has 3 rings (SSSR count). The van der Waals surface area contributed by atoms with Gasteiger partial charge in [-0.1, -0.05) is 32.9 Å². The molecule has 0 atom stereocenters. The zero-order chi connectivity index (χ0) is 15.7. The molecule has 2 heterocycles. The summed E-state index contributed by atoms with van der Waals surface area (Å²) < 4.78 is 6.07. The van der Waals surface area contributed by atoms with E-state index < -0.39 is 0 Å². The van der Waals surface area contributed by atoms with Gasteiger partial charge in [-0.25, -0.2) is 0 Å². The highest BCUT2D eigenvalue weighted by Gasteiger charge is 2.40. The van der Waals surface area contributed by atoms with Gasteiger partial charge in [-0.2, -0.15) is 0 Å². The van der Waals surface area contributed by atoms with E-state index in [1.54, 1.807) is 0 Å². The Balaban J connectivity index is 2.10. The van der Waals surface area contributed by atoms with Crippen molar-refractivity contribution in [2.75, 3.05) is 19.7 Å². The SMILES string of the molecule is CCc1c(C(=O)C(C)C)ccc2c1OCCC21CCNCC1. The van der Waals surface area contributed by atoms with Crippen molar-refractivity contribution in [2.24, 2.45) is 5.92 Å². The van der Waals surface area contributed by atoms with Crippen LogP contribution in [-0.2, 0) is 11.8 Å². The number of ether oxygens (including phenoxy) is 1. The average Bonchev–Trinajstić information content (AvgIpc) is 2.54. The molecule has 0 saturated carbocycles. The van der Waals surface area contributed by atoms with Crippen molar-refractivity contribution >= 4 is 5.78 Å². The summed E-state index contributed by atoms with van der Waals surface area (Å²) in [6.07, 6.45) is 4.29. The minimum atomic E-state index is 0.0276. The summed E-state index contributed by atoms with van der Waals surface area (Å²) in [6, 6.07) is 4.23. The normalized spacial score (nSPS) is 19.8. The van der Waals surface area contributed by atoms with E-state index in [9.17, 15) is 4.79 Å². The Morgan fingerprint density at radius 3 is 2.64 bits per heavy atom. The van der Waals surface area contributed by atoms with E-state index in [4.69, 9.17) is 4.74 Å². The summed E-state index contributed by atoms with van der Waals surface area (Å²) in [5.74, 6) is 1.27. The Hall–Kier alpha value is -1.35. The summed E-state index contributed by atoms with van der Waals surface area (Å²) in [5, 5.41) is 3.47. The molecular weight excluding hydrogens is 274 g/mol. The lowest BCUT2D eigenvalue weighted by molar-refractivity contribution is 0.0937. The van der Waals surface area contributed by atoms with Crippen LogP contribution in [0, 0.1) is 5.92 Å². The van der Waals surface area contributed by atoms with Crippen LogP contribution in [0.5, 0.6) is 5.75 Å². The summed E-state index contributed by atoms with van der Waals surface area (Å²) >= 11 is 0. The van der Waals surface area contributed by atoms with E-state index in [-0.39, 0.29) is 17.1 Å². The fraction of sp³-hybridized carbons (Fsp3) is 0.632. The number of hydrogen-bond donors (Lipinski definition) is 1. The molecule has 2 aliphatic rings. The fourth-order valence-corrected chi connectivity index (χ4v) is 4.01. The van der Waals surface area contributed by atoms with E-state index in [2.05, 4.69) is 24.4 Å². The highest BCUT2D eigenvalue weighted by Crippen LogP contribution is 2.47. The van der Waals surface area contributed by atoms with Crippen molar-refractivity contribution in [3.63, 3.8) is 0 Å². The van der Waals surface area contributed by atoms with Crippen molar-refractivity contribution < 1.29 is 9.53 Å². The molecule has 1 fully saturated rings. The predicted molar refractivity (Wildman–Crippen MR) is 88.9 cm³/mol. The molecule has 0 unspecified atom stereocenters. The summed E-state index contributed by atoms with van der Waals surface area (Å²) in [5.41, 5.74) is 3.58. The monoisotopic (exact) mass is 301 g/mol.